The highest BCUT2D eigenvalue weighted by Gasteiger charge is 2.26. The molecule has 0 aromatic heterocycles. The van der Waals surface area contributed by atoms with Gasteiger partial charge in [0.05, 0.1) is 12.6 Å². The van der Waals surface area contributed by atoms with Crippen molar-refractivity contribution < 1.29 is 4.39 Å². The number of likely N-dealkylation sites (N-methyl/N-ethyl adjacent to an activating group) is 1. The van der Waals surface area contributed by atoms with Crippen LogP contribution in [0.25, 0.3) is 0 Å². The van der Waals surface area contributed by atoms with Crippen molar-refractivity contribution in [3.8, 4) is 0 Å². The van der Waals surface area contributed by atoms with Crippen molar-refractivity contribution in [1.82, 2.24) is 4.90 Å². The molecule has 1 atom stereocenters. The topological polar surface area (TPSA) is 41.6 Å². The number of benzene rings is 1. The van der Waals surface area contributed by atoms with Crippen LogP contribution < -0.4 is 5.73 Å². The first-order chi connectivity index (χ1) is 7.09. The molecule has 0 fully saturated rings. The van der Waals surface area contributed by atoms with Crippen molar-refractivity contribution >= 4 is 21.9 Å². The molecular weight excluding hydrogens is 261 g/mol. The Morgan fingerprint density at radius 1 is 1.60 bits per heavy atom. The van der Waals surface area contributed by atoms with Crippen molar-refractivity contribution in [1.29, 1.82) is 0 Å². The predicted molar refractivity (Wildman–Crippen MR) is 61.1 cm³/mol. The quantitative estimate of drug-likeness (QED) is 0.848. The Labute approximate surface area is 95.9 Å². The molecule has 2 rings (SSSR count). The van der Waals surface area contributed by atoms with Crippen LogP contribution in [0.15, 0.2) is 27.7 Å². The maximum Gasteiger partial charge on any atom is 0.191 e. The molecule has 0 saturated heterocycles. The van der Waals surface area contributed by atoms with E-state index in [-0.39, 0.29) is 11.9 Å². The Morgan fingerprint density at radius 2 is 2.33 bits per heavy atom. The lowest BCUT2D eigenvalue weighted by Gasteiger charge is -2.21. The van der Waals surface area contributed by atoms with Gasteiger partial charge in [0.2, 0.25) is 0 Å². The number of nitrogens with two attached hydrogens (primary N) is 1. The SMILES string of the molecule is CN1C(N)=NCC1c1ccc(Br)cc1F. The molecule has 1 aliphatic rings. The van der Waals surface area contributed by atoms with E-state index in [1.54, 1.807) is 11.0 Å². The molecule has 0 saturated carbocycles. The molecule has 1 heterocycles. The van der Waals surface area contributed by atoms with Crippen molar-refractivity contribution in [3.05, 3.63) is 34.1 Å². The van der Waals surface area contributed by atoms with E-state index in [1.807, 2.05) is 13.1 Å². The van der Waals surface area contributed by atoms with Gasteiger partial charge in [-0.3, -0.25) is 4.99 Å². The zero-order chi connectivity index (χ0) is 11.0. The molecule has 1 aromatic rings. The van der Waals surface area contributed by atoms with Gasteiger partial charge in [0.15, 0.2) is 5.96 Å². The smallest absolute Gasteiger partial charge is 0.191 e. The number of halogens is 2. The summed E-state index contributed by atoms with van der Waals surface area (Å²) in [5, 5.41) is 0. The highest BCUT2D eigenvalue weighted by atomic mass is 79.9. The zero-order valence-corrected chi connectivity index (χ0v) is 9.83. The second-order valence-corrected chi connectivity index (χ2v) is 4.41. The molecule has 1 aromatic carbocycles. The van der Waals surface area contributed by atoms with Gasteiger partial charge in [0, 0.05) is 17.1 Å². The molecule has 1 aliphatic heterocycles. The Morgan fingerprint density at radius 3 is 2.87 bits per heavy atom. The van der Waals surface area contributed by atoms with Gasteiger partial charge in [-0.2, -0.15) is 0 Å². The summed E-state index contributed by atoms with van der Waals surface area (Å²) < 4.78 is 14.4. The highest BCUT2D eigenvalue weighted by Crippen LogP contribution is 2.27. The number of hydrogen-bond acceptors (Lipinski definition) is 3. The molecule has 2 N–H and O–H groups in total. The first-order valence-corrected chi connectivity index (χ1v) is 5.36. The van der Waals surface area contributed by atoms with E-state index < -0.39 is 0 Å². The normalized spacial score (nSPS) is 20.6. The summed E-state index contributed by atoms with van der Waals surface area (Å²) in [6, 6.07) is 4.95. The van der Waals surface area contributed by atoms with Gasteiger partial charge < -0.3 is 10.6 Å². The van der Waals surface area contributed by atoms with E-state index in [9.17, 15) is 4.39 Å². The summed E-state index contributed by atoms with van der Waals surface area (Å²) in [6.07, 6.45) is 0. The van der Waals surface area contributed by atoms with E-state index in [4.69, 9.17) is 5.73 Å². The van der Waals surface area contributed by atoms with Crippen LogP contribution in [0.5, 0.6) is 0 Å². The lowest BCUT2D eigenvalue weighted by Crippen LogP contribution is -2.32. The fourth-order valence-corrected chi connectivity index (χ4v) is 1.99. The average molecular weight is 272 g/mol. The number of aliphatic imine (C=N–C) groups is 1. The largest absolute Gasteiger partial charge is 0.370 e. The van der Waals surface area contributed by atoms with E-state index in [0.717, 1.165) is 4.47 Å². The fraction of sp³-hybridized carbons (Fsp3) is 0.300. The molecule has 0 aliphatic carbocycles. The Kier molecular flexibility index (Phi) is 2.65. The first-order valence-electron chi connectivity index (χ1n) is 4.57. The highest BCUT2D eigenvalue weighted by molar-refractivity contribution is 9.10. The Hall–Kier alpha value is -1.10. The first kappa shape index (κ1) is 10.4. The van der Waals surface area contributed by atoms with Crippen LogP contribution in [-0.2, 0) is 0 Å². The molecule has 0 amide bonds. The van der Waals surface area contributed by atoms with Crippen LogP contribution in [0.4, 0.5) is 4.39 Å². The molecule has 1 unspecified atom stereocenters. The maximum atomic E-state index is 13.7. The van der Waals surface area contributed by atoms with Gasteiger partial charge in [-0.25, -0.2) is 4.39 Å². The Bertz CT molecular complexity index is 419. The standard InChI is InChI=1S/C10H11BrFN3/c1-15-9(5-14-10(15)13)7-3-2-6(11)4-8(7)12/h2-4,9H,5H2,1H3,(H2,13,14). The number of nitrogens with zero attached hydrogens (tertiary/aromatic N) is 2. The fourth-order valence-electron chi connectivity index (χ4n) is 1.65. The van der Waals surface area contributed by atoms with E-state index >= 15 is 0 Å². The van der Waals surface area contributed by atoms with Crippen molar-refractivity contribution in [3.63, 3.8) is 0 Å². The minimum absolute atomic E-state index is 0.0851. The van der Waals surface area contributed by atoms with Gasteiger partial charge in [0.25, 0.3) is 0 Å². The molecule has 5 heteroatoms. The second-order valence-electron chi connectivity index (χ2n) is 3.49. The predicted octanol–water partition coefficient (Wildman–Crippen LogP) is 1.89. The van der Waals surface area contributed by atoms with Gasteiger partial charge in [0.1, 0.15) is 5.82 Å². The van der Waals surface area contributed by atoms with Crippen molar-refractivity contribution in [2.24, 2.45) is 10.7 Å². The van der Waals surface area contributed by atoms with Crippen LogP contribution >= 0.6 is 15.9 Å². The van der Waals surface area contributed by atoms with Gasteiger partial charge >= 0.3 is 0 Å². The summed E-state index contributed by atoms with van der Waals surface area (Å²) in [5.74, 6) is 0.230. The van der Waals surface area contributed by atoms with Crippen molar-refractivity contribution in [2.75, 3.05) is 13.6 Å². The minimum Gasteiger partial charge on any atom is -0.370 e. The summed E-state index contributed by atoms with van der Waals surface area (Å²) in [4.78, 5) is 5.86. The summed E-state index contributed by atoms with van der Waals surface area (Å²) in [7, 11) is 1.82. The third-order valence-corrected chi connectivity index (χ3v) is 3.07. The average Bonchev–Trinajstić information content (AvgIpc) is 2.49. The number of rotatable bonds is 1. The second kappa shape index (κ2) is 3.81. The molecule has 0 radical (unpaired) electrons. The third kappa shape index (κ3) is 1.84. The van der Waals surface area contributed by atoms with Gasteiger partial charge in [-0.1, -0.05) is 22.0 Å². The van der Waals surface area contributed by atoms with Gasteiger partial charge in [-0.15, -0.1) is 0 Å². The van der Waals surface area contributed by atoms with E-state index in [2.05, 4.69) is 20.9 Å². The maximum absolute atomic E-state index is 13.7. The summed E-state index contributed by atoms with van der Waals surface area (Å²) in [6.45, 7) is 0.515. The lowest BCUT2D eigenvalue weighted by molar-refractivity contribution is 0.399. The van der Waals surface area contributed by atoms with Gasteiger partial charge in [-0.05, 0) is 12.1 Å². The summed E-state index contributed by atoms with van der Waals surface area (Å²) in [5.41, 5.74) is 6.26. The minimum atomic E-state index is -0.230. The molecule has 3 nitrogen and oxygen atoms in total. The van der Waals surface area contributed by atoms with Crippen LogP contribution in [0.1, 0.15) is 11.6 Å². The molecule has 0 spiro atoms. The van der Waals surface area contributed by atoms with Crippen LogP contribution in [0, 0.1) is 5.82 Å². The summed E-state index contributed by atoms with van der Waals surface area (Å²) >= 11 is 3.22. The van der Waals surface area contributed by atoms with Crippen molar-refractivity contribution in [2.45, 2.75) is 6.04 Å². The number of hydrogen-bond donors (Lipinski definition) is 1. The zero-order valence-electron chi connectivity index (χ0n) is 8.24. The molecule has 80 valence electrons. The third-order valence-electron chi connectivity index (χ3n) is 2.58. The lowest BCUT2D eigenvalue weighted by atomic mass is 10.1. The monoisotopic (exact) mass is 271 g/mol. The van der Waals surface area contributed by atoms with Crippen LogP contribution in [0.2, 0.25) is 0 Å². The van der Waals surface area contributed by atoms with E-state index in [0.29, 0.717) is 18.1 Å². The number of guanidine groups is 1. The molecule has 15 heavy (non-hydrogen) atoms. The molecule has 0 bridgehead atoms. The van der Waals surface area contributed by atoms with Crippen LogP contribution in [-0.4, -0.2) is 24.5 Å². The van der Waals surface area contributed by atoms with Crippen LogP contribution in [0.3, 0.4) is 0 Å². The van der Waals surface area contributed by atoms with E-state index in [1.165, 1.54) is 6.07 Å². The molecular formula is C10H11BrFN3. The Balaban J connectivity index is 2.32.